The van der Waals surface area contributed by atoms with Crippen LogP contribution in [0.25, 0.3) is 0 Å². The summed E-state index contributed by atoms with van der Waals surface area (Å²) in [5.74, 6) is 0.421. The fraction of sp³-hybridized carbons (Fsp3) is 0.167. The van der Waals surface area contributed by atoms with Crippen molar-refractivity contribution >= 4 is 28.6 Å². The molecule has 0 aliphatic rings. The average molecular weight is 263 g/mol. The van der Waals surface area contributed by atoms with E-state index in [0.717, 1.165) is 0 Å². The summed E-state index contributed by atoms with van der Waals surface area (Å²) in [7, 11) is 3.22. The van der Waals surface area contributed by atoms with E-state index in [1.165, 1.54) is 22.4 Å². The average Bonchev–Trinajstić information content (AvgIpc) is 2.86. The number of nitrogen functional groups attached to an aromatic ring is 1. The molecule has 5 nitrogen and oxygen atoms in total. The van der Waals surface area contributed by atoms with Gasteiger partial charge in [-0.3, -0.25) is 9.78 Å². The van der Waals surface area contributed by atoms with E-state index in [9.17, 15) is 4.79 Å². The number of hydrogen-bond donors (Lipinski definition) is 1. The molecular formula is C12H13N3O2S. The Balaban J connectivity index is 2.33. The maximum absolute atomic E-state index is 12.3. The van der Waals surface area contributed by atoms with Gasteiger partial charge in [0.2, 0.25) is 0 Å². The lowest BCUT2D eigenvalue weighted by atomic mass is 10.3. The molecule has 0 aromatic carbocycles. The Kier molecular flexibility index (Phi) is 3.47. The fourth-order valence-electron chi connectivity index (χ4n) is 1.58. The van der Waals surface area contributed by atoms with Gasteiger partial charge in [-0.25, -0.2) is 0 Å². The molecule has 2 rings (SSSR count). The summed E-state index contributed by atoms with van der Waals surface area (Å²) < 4.78 is 5.14. The largest absolute Gasteiger partial charge is 0.495 e. The summed E-state index contributed by atoms with van der Waals surface area (Å²) in [6, 6.07) is 3.47. The minimum Gasteiger partial charge on any atom is -0.495 e. The number of carbonyl (C=O) groups excluding carboxylic acids is 1. The number of hydrogen-bond acceptors (Lipinski definition) is 5. The van der Waals surface area contributed by atoms with Gasteiger partial charge in [0.15, 0.2) is 0 Å². The summed E-state index contributed by atoms with van der Waals surface area (Å²) in [6.45, 7) is 0. The molecular weight excluding hydrogens is 250 g/mol. The van der Waals surface area contributed by atoms with Gasteiger partial charge in [0, 0.05) is 13.2 Å². The number of aromatic nitrogens is 1. The van der Waals surface area contributed by atoms with Crippen LogP contribution in [-0.2, 0) is 0 Å². The van der Waals surface area contributed by atoms with Crippen LogP contribution in [0.5, 0.6) is 5.75 Å². The minimum atomic E-state index is -0.153. The molecule has 0 saturated carbocycles. The van der Waals surface area contributed by atoms with Crippen LogP contribution in [0.1, 0.15) is 9.67 Å². The van der Waals surface area contributed by atoms with Gasteiger partial charge in [0.05, 0.1) is 24.7 Å². The third-order valence-electron chi connectivity index (χ3n) is 2.54. The second-order valence-corrected chi connectivity index (χ2v) is 4.53. The maximum atomic E-state index is 12.3. The van der Waals surface area contributed by atoms with E-state index in [4.69, 9.17) is 10.5 Å². The number of methoxy groups -OCH3 is 1. The molecule has 6 heteroatoms. The van der Waals surface area contributed by atoms with Crippen LogP contribution in [0.3, 0.4) is 0 Å². The number of amides is 1. The number of pyridine rings is 1. The van der Waals surface area contributed by atoms with Gasteiger partial charge in [0.25, 0.3) is 5.91 Å². The van der Waals surface area contributed by atoms with Crippen molar-refractivity contribution in [2.24, 2.45) is 0 Å². The lowest BCUT2D eigenvalue weighted by molar-refractivity contribution is 0.0994. The number of anilines is 2. The van der Waals surface area contributed by atoms with E-state index in [1.807, 2.05) is 5.38 Å². The Bertz CT molecular complexity index is 568. The Hall–Kier alpha value is -2.08. The van der Waals surface area contributed by atoms with Crippen LogP contribution in [0.2, 0.25) is 0 Å². The molecule has 94 valence electrons. The molecule has 2 N–H and O–H groups in total. The topological polar surface area (TPSA) is 68.5 Å². The van der Waals surface area contributed by atoms with E-state index >= 15 is 0 Å². The van der Waals surface area contributed by atoms with Gasteiger partial charge in [0.1, 0.15) is 10.6 Å². The normalized spacial score (nSPS) is 10.1. The summed E-state index contributed by atoms with van der Waals surface area (Å²) >= 11 is 1.34. The maximum Gasteiger partial charge on any atom is 0.271 e. The first-order chi connectivity index (χ1) is 8.65. The van der Waals surface area contributed by atoms with E-state index in [2.05, 4.69) is 4.98 Å². The van der Waals surface area contributed by atoms with Crippen molar-refractivity contribution in [3.8, 4) is 5.75 Å². The first-order valence-corrected chi connectivity index (χ1v) is 6.12. The molecule has 0 atom stereocenters. The second kappa shape index (κ2) is 5.05. The van der Waals surface area contributed by atoms with Crippen molar-refractivity contribution in [3.63, 3.8) is 0 Å². The molecule has 0 aliphatic carbocycles. The Morgan fingerprint density at radius 1 is 1.50 bits per heavy atom. The number of ether oxygens (including phenoxy) is 1. The molecule has 2 aromatic heterocycles. The fourth-order valence-corrected chi connectivity index (χ4v) is 2.41. The van der Waals surface area contributed by atoms with Crippen LogP contribution >= 0.6 is 11.3 Å². The van der Waals surface area contributed by atoms with E-state index in [-0.39, 0.29) is 5.91 Å². The number of carbonyl (C=O) groups is 1. The van der Waals surface area contributed by atoms with Crippen LogP contribution in [-0.4, -0.2) is 25.0 Å². The van der Waals surface area contributed by atoms with Crippen LogP contribution < -0.4 is 15.4 Å². The summed E-state index contributed by atoms with van der Waals surface area (Å²) in [5, 5.41) is 1.82. The second-order valence-electron chi connectivity index (χ2n) is 3.62. The third kappa shape index (κ3) is 2.14. The lowest BCUT2D eigenvalue weighted by Crippen LogP contribution is -2.26. The number of nitrogens with two attached hydrogens (primary N) is 1. The quantitative estimate of drug-likeness (QED) is 0.919. The van der Waals surface area contributed by atoms with Crippen LogP contribution in [0, 0.1) is 0 Å². The van der Waals surface area contributed by atoms with E-state index < -0.39 is 0 Å². The van der Waals surface area contributed by atoms with Gasteiger partial charge >= 0.3 is 0 Å². The number of nitrogens with zero attached hydrogens (tertiary/aromatic N) is 2. The van der Waals surface area contributed by atoms with Gasteiger partial charge in [-0.1, -0.05) is 0 Å². The highest BCUT2D eigenvalue weighted by molar-refractivity contribution is 7.12. The molecule has 18 heavy (non-hydrogen) atoms. The van der Waals surface area contributed by atoms with Crippen molar-refractivity contribution in [2.75, 3.05) is 24.8 Å². The highest BCUT2D eigenvalue weighted by Crippen LogP contribution is 2.29. The van der Waals surface area contributed by atoms with Crippen molar-refractivity contribution in [2.45, 2.75) is 0 Å². The molecule has 0 spiro atoms. The first-order valence-electron chi connectivity index (χ1n) is 5.24. The predicted molar refractivity (Wildman–Crippen MR) is 72.3 cm³/mol. The predicted octanol–water partition coefficient (Wildman–Crippen LogP) is 2.01. The zero-order chi connectivity index (χ0) is 13.1. The minimum absolute atomic E-state index is 0.153. The van der Waals surface area contributed by atoms with Crippen molar-refractivity contribution in [1.29, 1.82) is 0 Å². The smallest absolute Gasteiger partial charge is 0.271 e. The van der Waals surface area contributed by atoms with Crippen molar-refractivity contribution in [1.82, 2.24) is 4.98 Å². The summed E-state index contributed by atoms with van der Waals surface area (Å²) in [4.78, 5) is 18.3. The third-order valence-corrected chi connectivity index (χ3v) is 3.42. The van der Waals surface area contributed by atoms with Gasteiger partial charge in [-0.05, 0) is 17.5 Å². The Labute approximate surface area is 109 Å². The number of rotatable bonds is 3. The van der Waals surface area contributed by atoms with E-state index in [1.54, 1.807) is 32.5 Å². The van der Waals surface area contributed by atoms with Crippen molar-refractivity contribution in [3.05, 3.63) is 34.8 Å². The molecule has 0 unspecified atom stereocenters. The Morgan fingerprint density at radius 2 is 2.28 bits per heavy atom. The zero-order valence-corrected chi connectivity index (χ0v) is 10.9. The number of thiophene rings is 1. The molecule has 1 amide bonds. The zero-order valence-electron chi connectivity index (χ0n) is 10.1. The highest BCUT2D eigenvalue weighted by atomic mass is 32.1. The first kappa shape index (κ1) is 12.4. The standard InChI is InChI=1S/C12H13N3O2S/c1-15(9-3-5-14-7-8(9)13)12(16)11-10(17-2)4-6-18-11/h3-7H,13H2,1-2H3. The molecule has 2 aromatic rings. The van der Waals surface area contributed by atoms with E-state index in [0.29, 0.717) is 22.0 Å². The van der Waals surface area contributed by atoms with Gasteiger partial charge in [-0.15, -0.1) is 11.3 Å². The monoisotopic (exact) mass is 263 g/mol. The molecule has 0 saturated heterocycles. The summed E-state index contributed by atoms with van der Waals surface area (Å²) in [6.07, 6.45) is 3.12. The summed E-state index contributed by atoms with van der Waals surface area (Å²) in [5.41, 5.74) is 6.89. The van der Waals surface area contributed by atoms with Crippen LogP contribution in [0.15, 0.2) is 29.9 Å². The molecule has 0 radical (unpaired) electrons. The molecule has 0 bridgehead atoms. The SMILES string of the molecule is COc1ccsc1C(=O)N(C)c1ccncc1N. The Morgan fingerprint density at radius 3 is 2.94 bits per heavy atom. The van der Waals surface area contributed by atoms with Crippen molar-refractivity contribution < 1.29 is 9.53 Å². The van der Waals surface area contributed by atoms with Gasteiger partial charge in [-0.2, -0.15) is 0 Å². The highest BCUT2D eigenvalue weighted by Gasteiger charge is 2.20. The van der Waals surface area contributed by atoms with Gasteiger partial charge < -0.3 is 15.4 Å². The molecule has 0 aliphatic heterocycles. The molecule has 2 heterocycles. The molecule has 0 fully saturated rings. The van der Waals surface area contributed by atoms with Crippen LogP contribution in [0.4, 0.5) is 11.4 Å². The lowest BCUT2D eigenvalue weighted by Gasteiger charge is -2.18.